The highest BCUT2D eigenvalue weighted by atomic mass is 16.1. The van der Waals surface area contributed by atoms with Crippen molar-refractivity contribution >= 4 is 11.6 Å². The summed E-state index contributed by atoms with van der Waals surface area (Å²) >= 11 is 0. The number of benzene rings is 2. The summed E-state index contributed by atoms with van der Waals surface area (Å²) in [6.45, 7) is 9.18. The Kier molecular flexibility index (Phi) is 5.54. The molecule has 1 fully saturated rings. The molecular formula is C22H28N2O. The molecule has 2 aromatic carbocycles. The molecule has 1 N–H and O–H groups in total. The fourth-order valence-corrected chi connectivity index (χ4v) is 3.66. The van der Waals surface area contributed by atoms with Gasteiger partial charge < -0.3 is 5.32 Å². The number of para-hydroxylation sites is 1. The summed E-state index contributed by atoms with van der Waals surface area (Å²) in [7, 11) is 0. The van der Waals surface area contributed by atoms with Gasteiger partial charge in [-0.15, -0.1) is 0 Å². The molecule has 3 heteroatoms. The molecule has 0 radical (unpaired) electrons. The Labute approximate surface area is 151 Å². The highest BCUT2D eigenvalue weighted by Gasteiger charge is 2.25. The van der Waals surface area contributed by atoms with E-state index in [2.05, 4.69) is 41.4 Å². The largest absolute Gasteiger partial charge is 0.325 e. The topological polar surface area (TPSA) is 32.3 Å². The molecule has 1 aliphatic rings. The van der Waals surface area contributed by atoms with Crippen LogP contribution < -0.4 is 5.32 Å². The molecule has 1 amide bonds. The fraction of sp³-hybridized carbons (Fsp3) is 0.409. The lowest BCUT2D eigenvalue weighted by Gasteiger charge is -2.31. The molecule has 1 saturated heterocycles. The van der Waals surface area contributed by atoms with Gasteiger partial charge in [-0.1, -0.05) is 48.0 Å². The van der Waals surface area contributed by atoms with Crippen molar-refractivity contribution < 1.29 is 4.79 Å². The van der Waals surface area contributed by atoms with Crippen LogP contribution in [0.2, 0.25) is 0 Å². The van der Waals surface area contributed by atoms with E-state index in [1.165, 1.54) is 11.1 Å². The molecule has 2 aromatic rings. The summed E-state index contributed by atoms with van der Waals surface area (Å²) < 4.78 is 0. The second kappa shape index (κ2) is 7.83. The van der Waals surface area contributed by atoms with Gasteiger partial charge in [-0.05, 0) is 63.4 Å². The number of hydrogen-bond donors (Lipinski definition) is 1. The van der Waals surface area contributed by atoms with E-state index in [1.54, 1.807) is 0 Å². The van der Waals surface area contributed by atoms with Crippen molar-refractivity contribution in [3.8, 4) is 0 Å². The molecule has 0 aliphatic carbocycles. The predicted molar refractivity (Wildman–Crippen MR) is 104 cm³/mol. The summed E-state index contributed by atoms with van der Waals surface area (Å²) in [6.07, 6.45) is 1.87. The normalized spacial score (nSPS) is 16.0. The van der Waals surface area contributed by atoms with Crippen LogP contribution in [0.15, 0.2) is 42.5 Å². The Morgan fingerprint density at radius 1 is 1.04 bits per heavy atom. The van der Waals surface area contributed by atoms with E-state index in [0.29, 0.717) is 0 Å². The van der Waals surface area contributed by atoms with Crippen LogP contribution in [0.4, 0.5) is 5.69 Å². The van der Waals surface area contributed by atoms with Gasteiger partial charge in [-0.25, -0.2) is 0 Å². The number of amides is 1. The summed E-state index contributed by atoms with van der Waals surface area (Å²) in [5.74, 6) is 0.292. The monoisotopic (exact) mass is 336 g/mol. The maximum Gasteiger partial charge on any atom is 0.227 e. The van der Waals surface area contributed by atoms with Crippen LogP contribution in [0.25, 0.3) is 0 Å². The molecular weight excluding hydrogens is 308 g/mol. The number of aryl methyl sites for hydroxylation is 3. The van der Waals surface area contributed by atoms with Gasteiger partial charge in [0, 0.05) is 18.2 Å². The van der Waals surface area contributed by atoms with Crippen LogP contribution >= 0.6 is 0 Å². The van der Waals surface area contributed by atoms with Gasteiger partial charge in [0.1, 0.15) is 0 Å². The van der Waals surface area contributed by atoms with Crippen LogP contribution in [0, 0.1) is 26.7 Å². The zero-order valence-electron chi connectivity index (χ0n) is 15.5. The third-order valence-electron chi connectivity index (χ3n) is 5.18. The summed E-state index contributed by atoms with van der Waals surface area (Å²) in [6, 6.07) is 14.8. The molecule has 3 rings (SSSR count). The van der Waals surface area contributed by atoms with Crippen molar-refractivity contribution in [2.24, 2.45) is 5.92 Å². The molecule has 0 unspecified atom stereocenters. The smallest absolute Gasteiger partial charge is 0.227 e. The van der Waals surface area contributed by atoms with E-state index in [0.717, 1.165) is 49.3 Å². The van der Waals surface area contributed by atoms with E-state index >= 15 is 0 Å². The molecule has 132 valence electrons. The van der Waals surface area contributed by atoms with Crippen molar-refractivity contribution in [3.63, 3.8) is 0 Å². The van der Waals surface area contributed by atoms with Crippen LogP contribution in [-0.4, -0.2) is 23.9 Å². The zero-order chi connectivity index (χ0) is 17.8. The Bertz CT molecular complexity index is 725. The molecule has 0 saturated carbocycles. The number of rotatable bonds is 4. The van der Waals surface area contributed by atoms with Crippen LogP contribution in [0.3, 0.4) is 0 Å². The minimum atomic E-state index is 0.118. The number of likely N-dealkylation sites (tertiary alicyclic amines) is 1. The maximum absolute atomic E-state index is 12.7. The molecule has 0 bridgehead atoms. The lowest BCUT2D eigenvalue weighted by atomic mass is 9.95. The number of nitrogens with zero attached hydrogens (tertiary/aromatic N) is 1. The Morgan fingerprint density at radius 2 is 1.68 bits per heavy atom. The lowest BCUT2D eigenvalue weighted by molar-refractivity contribution is -0.121. The van der Waals surface area contributed by atoms with Gasteiger partial charge in [-0.2, -0.15) is 0 Å². The lowest BCUT2D eigenvalue weighted by Crippen LogP contribution is -2.37. The average molecular weight is 336 g/mol. The molecule has 0 atom stereocenters. The second-order valence-electron chi connectivity index (χ2n) is 7.30. The first-order valence-electron chi connectivity index (χ1n) is 9.18. The van der Waals surface area contributed by atoms with E-state index < -0.39 is 0 Å². The first-order chi connectivity index (χ1) is 12.0. The number of carbonyl (C=O) groups is 1. The van der Waals surface area contributed by atoms with Crippen LogP contribution in [-0.2, 0) is 11.3 Å². The van der Waals surface area contributed by atoms with Gasteiger partial charge in [0.25, 0.3) is 0 Å². The zero-order valence-corrected chi connectivity index (χ0v) is 15.5. The standard InChI is InChI=1S/C22H28N2O/c1-16-6-4-9-19(14-16)15-24-12-10-20(11-13-24)22(25)23-21-17(2)7-5-8-18(21)3/h4-9,14,20H,10-13,15H2,1-3H3,(H,23,25). The van der Waals surface area contributed by atoms with Crippen molar-refractivity contribution in [2.45, 2.75) is 40.2 Å². The van der Waals surface area contributed by atoms with Gasteiger partial charge in [0.2, 0.25) is 5.91 Å². The Hall–Kier alpha value is -2.13. The first-order valence-corrected chi connectivity index (χ1v) is 9.18. The second-order valence-corrected chi connectivity index (χ2v) is 7.30. The molecule has 3 nitrogen and oxygen atoms in total. The molecule has 1 aliphatic heterocycles. The van der Waals surface area contributed by atoms with Crippen molar-refractivity contribution in [1.82, 2.24) is 4.90 Å². The van der Waals surface area contributed by atoms with Crippen molar-refractivity contribution in [1.29, 1.82) is 0 Å². The quantitative estimate of drug-likeness (QED) is 0.894. The Balaban J connectivity index is 1.54. The number of carbonyl (C=O) groups excluding carboxylic acids is 1. The molecule has 0 spiro atoms. The van der Waals surface area contributed by atoms with Crippen molar-refractivity contribution in [3.05, 3.63) is 64.7 Å². The predicted octanol–water partition coefficient (Wildman–Crippen LogP) is 4.46. The third-order valence-corrected chi connectivity index (χ3v) is 5.18. The summed E-state index contributed by atoms with van der Waals surface area (Å²) in [5.41, 5.74) is 5.91. The number of piperidine rings is 1. The van der Waals surface area contributed by atoms with Crippen molar-refractivity contribution in [2.75, 3.05) is 18.4 Å². The SMILES string of the molecule is Cc1cccc(CN2CCC(C(=O)Nc3c(C)cccc3C)CC2)c1. The first kappa shape index (κ1) is 17.7. The average Bonchev–Trinajstić information content (AvgIpc) is 2.59. The summed E-state index contributed by atoms with van der Waals surface area (Å²) in [5, 5.41) is 3.16. The fourth-order valence-electron chi connectivity index (χ4n) is 3.66. The van der Waals surface area contributed by atoms with Gasteiger partial charge >= 0.3 is 0 Å². The number of anilines is 1. The highest BCUT2D eigenvalue weighted by molar-refractivity contribution is 5.94. The number of nitrogens with one attached hydrogen (secondary N) is 1. The van der Waals surface area contributed by atoms with Gasteiger partial charge in [-0.3, -0.25) is 9.69 Å². The third kappa shape index (κ3) is 4.49. The van der Waals surface area contributed by atoms with Crippen LogP contribution in [0.1, 0.15) is 35.1 Å². The van der Waals surface area contributed by atoms with Crippen LogP contribution in [0.5, 0.6) is 0 Å². The van der Waals surface area contributed by atoms with E-state index in [9.17, 15) is 4.79 Å². The van der Waals surface area contributed by atoms with E-state index in [1.807, 2.05) is 32.0 Å². The molecule has 1 heterocycles. The summed E-state index contributed by atoms with van der Waals surface area (Å²) in [4.78, 5) is 15.1. The highest BCUT2D eigenvalue weighted by Crippen LogP contribution is 2.24. The Morgan fingerprint density at radius 3 is 2.32 bits per heavy atom. The molecule has 25 heavy (non-hydrogen) atoms. The minimum Gasteiger partial charge on any atom is -0.325 e. The minimum absolute atomic E-state index is 0.118. The van der Waals surface area contributed by atoms with E-state index in [4.69, 9.17) is 0 Å². The van der Waals surface area contributed by atoms with Gasteiger partial charge in [0.05, 0.1) is 0 Å². The molecule has 0 aromatic heterocycles. The van der Waals surface area contributed by atoms with E-state index in [-0.39, 0.29) is 11.8 Å². The van der Waals surface area contributed by atoms with Gasteiger partial charge in [0.15, 0.2) is 0 Å². The number of hydrogen-bond acceptors (Lipinski definition) is 2. The maximum atomic E-state index is 12.7.